The van der Waals surface area contributed by atoms with Gasteiger partial charge in [-0.05, 0) is 19.2 Å². The number of anilines is 1. The van der Waals surface area contributed by atoms with Gasteiger partial charge in [0.05, 0.1) is 10.7 Å². The van der Waals surface area contributed by atoms with Crippen LogP contribution in [-0.4, -0.2) is 38.6 Å². The topological polar surface area (TPSA) is 156 Å². The Kier molecular flexibility index (Phi) is 5.58. The molecule has 0 unspecified atom stereocenters. The summed E-state index contributed by atoms with van der Waals surface area (Å²) in [5.41, 5.74) is 1.43. The van der Waals surface area contributed by atoms with Crippen LogP contribution in [0.1, 0.15) is 10.4 Å². The van der Waals surface area contributed by atoms with Crippen LogP contribution < -0.4 is 21.3 Å². The lowest BCUT2D eigenvalue weighted by atomic mass is 10.1. The summed E-state index contributed by atoms with van der Waals surface area (Å²) in [7, 11) is -2.22. The molecule has 0 aliphatic rings. The number of hydrazine groups is 1. The molecule has 0 aliphatic carbocycles. The molecule has 0 heterocycles. The number of nitrogen functional groups attached to an aromatic ring is 1. The third-order valence-electron chi connectivity index (χ3n) is 2.59. The lowest BCUT2D eigenvalue weighted by Gasteiger charge is -2.08. The van der Waals surface area contributed by atoms with Crippen molar-refractivity contribution in [1.29, 1.82) is 0 Å². The Balaban J connectivity index is 2.91. The van der Waals surface area contributed by atoms with Gasteiger partial charge < -0.3 is 10.7 Å². The van der Waals surface area contributed by atoms with Gasteiger partial charge in [0.1, 0.15) is 11.3 Å². The number of nitrogens with two attached hydrogens (primary N) is 1. The molecule has 1 aromatic rings. The smallest absolute Gasteiger partial charge is 0.306 e. The number of amides is 1. The molecule has 5 N–H and O–H groups in total. The van der Waals surface area contributed by atoms with E-state index in [2.05, 4.69) is 15.5 Å². The van der Waals surface area contributed by atoms with Gasteiger partial charge in [0.25, 0.3) is 5.91 Å². The van der Waals surface area contributed by atoms with Gasteiger partial charge in [0.15, 0.2) is 0 Å². The largest absolute Gasteiger partial charge is 0.351 e. The molecule has 1 amide bonds. The van der Waals surface area contributed by atoms with Crippen molar-refractivity contribution in [2.75, 3.05) is 24.8 Å². The number of hydrogen-bond acceptors (Lipinski definition) is 7. The molecule has 0 radical (unpaired) electrons. The molecule has 0 fully saturated rings. The van der Waals surface area contributed by atoms with Crippen molar-refractivity contribution in [3.8, 4) is 0 Å². The van der Waals surface area contributed by atoms with Crippen LogP contribution in [0.15, 0.2) is 18.2 Å². The molecule has 0 spiro atoms. The lowest BCUT2D eigenvalue weighted by Crippen LogP contribution is -2.33. The third-order valence-corrected chi connectivity index (χ3v) is 3.95. The Morgan fingerprint density at radius 3 is 2.62 bits per heavy atom. The fraction of sp³-hybridized carbons (Fsp3) is 0.300. The highest BCUT2D eigenvalue weighted by Gasteiger charge is 2.24. The van der Waals surface area contributed by atoms with Crippen molar-refractivity contribution >= 4 is 27.3 Å². The van der Waals surface area contributed by atoms with Crippen molar-refractivity contribution in [2.45, 2.75) is 0 Å². The van der Waals surface area contributed by atoms with E-state index < -0.39 is 26.5 Å². The molecule has 0 aliphatic heterocycles. The zero-order chi connectivity index (χ0) is 16.0. The first-order valence-electron chi connectivity index (χ1n) is 5.76. The standard InChI is InChI=1S/C10H15N5O5S/c1-12-21(19,20)6-5-13-10(16)7-3-2-4-8(14-11)9(7)15(17)18/h2-4,12,14H,5-6,11H2,1H3,(H,13,16). The minimum Gasteiger partial charge on any atom is -0.351 e. The SMILES string of the molecule is CNS(=O)(=O)CCNC(=O)c1cccc(NN)c1[N+](=O)[O-]. The molecule has 0 saturated heterocycles. The fourth-order valence-electron chi connectivity index (χ4n) is 1.54. The Hall–Kier alpha value is -2.24. The second-order valence-electron chi connectivity index (χ2n) is 3.88. The zero-order valence-electron chi connectivity index (χ0n) is 11.1. The first-order valence-corrected chi connectivity index (χ1v) is 7.41. The van der Waals surface area contributed by atoms with E-state index in [-0.39, 0.29) is 23.5 Å². The van der Waals surface area contributed by atoms with Gasteiger partial charge in [-0.2, -0.15) is 0 Å². The van der Waals surface area contributed by atoms with Crippen molar-refractivity contribution < 1.29 is 18.1 Å². The van der Waals surface area contributed by atoms with E-state index in [4.69, 9.17) is 5.84 Å². The summed E-state index contributed by atoms with van der Waals surface area (Å²) in [4.78, 5) is 22.2. The average Bonchev–Trinajstić information content (AvgIpc) is 2.45. The molecule has 1 rings (SSSR count). The van der Waals surface area contributed by atoms with E-state index >= 15 is 0 Å². The fourth-order valence-corrected chi connectivity index (χ4v) is 2.11. The van der Waals surface area contributed by atoms with Crippen LogP contribution in [0.25, 0.3) is 0 Å². The second-order valence-corrected chi connectivity index (χ2v) is 5.93. The number of hydrogen-bond donors (Lipinski definition) is 4. The molecule has 21 heavy (non-hydrogen) atoms. The van der Waals surface area contributed by atoms with E-state index in [9.17, 15) is 23.3 Å². The van der Waals surface area contributed by atoms with Crippen LogP contribution in [0.5, 0.6) is 0 Å². The number of rotatable bonds is 7. The van der Waals surface area contributed by atoms with Gasteiger partial charge in [-0.15, -0.1) is 0 Å². The van der Waals surface area contributed by atoms with Gasteiger partial charge in [0.2, 0.25) is 10.0 Å². The highest BCUT2D eigenvalue weighted by atomic mass is 32.2. The van der Waals surface area contributed by atoms with Gasteiger partial charge in [0, 0.05) is 6.54 Å². The molecule has 0 aromatic heterocycles. The number of sulfonamides is 1. The Morgan fingerprint density at radius 2 is 2.10 bits per heavy atom. The molecule has 116 valence electrons. The number of nitro benzene ring substituents is 1. The first-order chi connectivity index (χ1) is 9.82. The molecule has 0 atom stereocenters. The predicted octanol–water partition coefficient (Wildman–Crippen LogP) is -0.841. The van der Waals surface area contributed by atoms with Crippen molar-refractivity contribution in [3.05, 3.63) is 33.9 Å². The Bertz CT molecular complexity index is 645. The number of para-hydroxylation sites is 1. The van der Waals surface area contributed by atoms with E-state index in [1.165, 1.54) is 25.2 Å². The second kappa shape index (κ2) is 6.97. The van der Waals surface area contributed by atoms with Crippen molar-refractivity contribution in [2.24, 2.45) is 5.84 Å². The molecule has 0 saturated carbocycles. The normalized spacial score (nSPS) is 11.0. The first kappa shape index (κ1) is 16.8. The molecule has 10 nitrogen and oxygen atoms in total. The maximum atomic E-state index is 11.9. The van der Waals surface area contributed by atoms with Crippen LogP contribution in [0.4, 0.5) is 11.4 Å². The summed E-state index contributed by atoms with van der Waals surface area (Å²) >= 11 is 0. The lowest BCUT2D eigenvalue weighted by molar-refractivity contribution is -0.384. The molecule has 0 bridgehead atoms. The summed E-state index contributed by atoms with van der Waals surface area (Å²) < 4.78 is 24.5. The number of carbonyl (C=O) groups excluding carboxylic acids is 1. The van der Waals surface area contributed by atoms with Crippen LogP contribution in [0.2, 0.25) is 0 Å². The van der Waals surface area contributed by atoms with E-state index in [0.29, 0.717) is 0 Å². The summed E-state index contributed by atoms with van der Waals surface area (Å²) in [5.74, 6) is 4.06. The van der Waals surface area contributed by atoms with Gasteiger partial charge >= 0.3 is 5.69 Å². The maximum Gasteiger partial charge on any atom is 0.306 e. The Morgan fingerprint density at radius 1 is 1.43 bits per heavy atom. The van der Waals surface area contributed by atoms with E-state index in [1.54, 1.807) is 0 Å². The molecular formula is C10H15N5O5S. The molecule has 11 heteroatoms. The highest BCUT2D eigenvalue weighted by molar-refractivity contribution is 7.89. The van der Waals surface area contributed by atoms with Gasteiger partial charge in [-0.25, -0.2) is 13.1 Å². The number of carbonyl (C=O) groups is 1. The summed E-state index contributed by atoms with van der Waals surface area (Å²) in [6.07, 6.45) is 0. The van der Waals surface area contributed by atoms with Crippen molar-refractivity contribution in [1.82, 2.24) is 10.0 Å². The number of nitro groups is 1. The summed E-state index contributed by atoms with van der Waals surface area (Å²) in [6, 6.07) is 4.02. The average molecular weight is 317 g/mol. The summed E-state index contributed by atoms with van der Waals surface area (Å²) in [6.45, 7) is -0.181. The zero-order valence-corrected chi connectivity index (χ0v) is 11.9. The van der Waals surface area contributed by atoms with E-state index in [1.807, 2.05) is 0 Å². The number of nitrogens with one attached hydrogen (secondary N) is 3. The maximum absolute atomic E-state index is 11.9. The third kappa shape index (κ3) is 4.37. The monoisotopic (exact) mass is 317 g/mol. The van der Waals surface area contributed by atoms with Crippen molar-refractivity contribution in [3.63, 3.8) is 0 Å². The highest BCUT2D eigenvalue weighted by Crippen LogP contribution is 2.27. The van der Waals surface area contributed by atoms with Crippen LogP contribution >= 0.6 is 0 Å². The Labute approximate surface area is 120 Å². The molecular weight excluding hydrogens is 302 g/mol. The van der Waals surface area contributed by atoms with Gasteiger partial charge in [-0.1, -0.05) is 6.07 Å². The quantitative estimate of drug-likeness (QED) is 0.290. The number of nitrogens with zero attached hydrogens (tertiary/aromatic N) is 1. The number of benzene rings is 1. The van der Waals surface area contributed by atoms with E-state index in [0.717, 1.165) is 0 Å². The van der Waals surface area contributed by atoms with Gasteiger partial charge in [-0.3, -0.25) is 20.8 Å². The van der Waals surface area contributed by atoms with Crippen LogP contribution in [-0.2, 0) is 10.0 Å². The summed E-state index contributed by atoms with van der Waals surface area (Å²) in [5, 5.41) is 13.3. The van der Waals surface area contributed by atoms with Crippen LogP contribution in [0, 0.1) is 10.1 Å². The minimum atomic E-state index is -3.47. The minimum absolute atomic E-state index is 0.0181. The predicted molar refractivity (Wildman–Crippen MR) is 76.1 cm³/mol. The van der Waals surface area contributed by atoms with Crippen LogP contribution in [0.3, 0.4) is 0 Å². The molecule has 1 aromatic carbocycles.